The van der Waals surface area contributed by atoms with Crippen LogP contribution in [-0.4, -0.2) is 44.2 Å². The van der Waals surface area contributed by atoms with Gasteiger partial charge in [-0.2, -0.15) is 0 Å². The van der Waals surface area contributed by atoms with Crippen LogP contribution in [0.15, 0.2) is 48.5 Å². The SMILES string of the molecule is CN(Cc1ccc(N2CCOCC2)cc1)C(=O)C1(c2ccc(F)cc2)CCCC1. The fourth-order valence-corrected chi connectivity index (χ4v) is 4.72. The van der Waals surface area contributed by atoms with Crippen LogP contribution in [0.4, 0.5) is 10.1 Å². The first kappa shape index (κ1) is 19.9. The highest BCUT2D eigenvalue weighted by molar-refractivity contribution is 5.88. The molecule has 0 N–H and O–H groups in total. The lowest BCUT2D eigenvalue weighted by atomic mass is 9.77. The number of nitrogens with zero attached hydrogens (tertiary/aromatic N) is 2. The number of halogens is 1. The van der Waals surface area contributed by atoms with Crippen molar-refractivity contribution >= 4 is 11.6 Å². The Bertz CT molecular complexity index is 823. The second-order valence-corrected chi connectivity index (χ2v) is 8.22. The highest BCUT2D eigenvalue weighted by Gasteiger charge is 2.44. The Morgan fingerprint density at radius 3 is 2.28 bits per heavy atom. The maximum atomic E-state index is 13.5. The van der Waals surface area contributed by atoms with Gasteiger partial charge in [0.15, 0.2) is 0 Å². The van der Waals surface area contributed by atoms with Gasteiger partial charge in [0, 0.05) is 32.4 Å². The van der Waals surface area contributed by atoms with Gasteiger partial charge in [-0.05, 0) is 48.2 Å². The zero-order valence-corrected chi connectivity index (χ0v) is 17.1. The summed E-state index contributed by atoms with van der Waals surface area (Å²) >= 11 is 0. The van der Waals surface area contributed by atoms with Crippen molar-refractivity contribution in [1.82, 2.24) is 4.90 Å². The zero-order valence-electron chi connectivity index (χ0n) is 17.1. The molecule has 4 nitrogen and oxygen atoms in total. The molecule has 29 heavy (non-hydrogen) atoms. The van der Waals surface area contributed by atoms with Crippen molar-refractivity contribution in [3.05, 3.63) is 65.5 Å². The highest BCUT2D eigenvalue weighted by Crippen LogP contribution is 2.42. The van der Waals surface area contributed by atoms with E-state index in [0.717, 1.165) is 63.1 Å². The molecule has 4 rings (SSSR count). The number of likely N-dealkylation sites (N-methyl/N-ethyl adjacent to an activating group) is 1. The van der Waals surface area contributed by atoms with Gasteiger partial charge in [0.25, 0.3) is 0 Å². The molecule has 1 aliphatic carbocycles. The van der Waals surface area contributed by atoms with Crippen LogP contribution in [0.3, 0.4) is 0 Å². The molecule has 0 aromatic heterocycles. The Hall–Kier alpha value is -2.40. The molecule has 0 atom stereocenters. The van der Waals surface area contributed by atoms with E-state index in [1.54, 1.807) is 12.1 Å². The average molecular weight is 397 g/mol. The van der Waals surface area contributed by atoms with Gasteiger partial charge in [-0.25, -0.2) is 4.39 Å². The number of amides is 1. The Kier molecular flexibility index (Phi) is 5.86. The molecule has 1 amide bonds. The molecule has 0 spiro atoms. The average Bonchev–Trinajstić information content (AvgIpc) is 3.26. The van der Waals surface area contributed by atoms with E-state index in [9.17, 15) is 9.18 Å². The number of rotatable bonds is 5. The lowest BCUT2D eigenvalue weighted by molar-refractivity contribution is -0.136. The molecule has 2 aromatic rings. The summed E-state index contributed by atoms with van der Waals surface area (Å²) in [6, 6.07) is 15.0. The van der Waals surface area contributed by atoms with Crippen LogP contribution in [0.5, 0.6) is 0 Å². The van der Waals surface area contributed by atoms with Gasteiger partial charge < -0.3 is 14.5 Å². The first-order chi connectivity index (χ1) is 14.1. The number of anilines is 1. The molecule has 2 aliphatic rings. The molecule has 2 fully saturated rings. The second kappa shape index (κ2) is 8.54. The van der Waals surface area contributed by atoms with Gasteiger partial charge >= 0.3 is 0 Å². The number of ether oxygens (including phenoxy) is 1. The van der Waals surface area contributed by atoms with Gasteiger partial charge in [-0.3, -0.25) is 4.79 Å². The molecule has 1 saturated carbocycles. The number of morpholine rings is 1. The number of hydrogen-bond donors (Lipinski definition) is 0. The van der Waals surface area contributed by atoms with Crippen LogP contribution >= 0.6 is 0 Å². The molecule has 0 unspecified atom stereocenters. The summed E-state index contributed by atoms with van der Waals surface area (Å²) < 4.78 is 18.8. The maximum Gasteiger partial charge on any atom is 0.233 e. The molecule has 1 saturated heterocycles. The predicted molar refractivity (Wildman–Crippen MR) is 112 cm³/mol. The summed E-state index contributed by atoms with van der Waals surface area (Å²) in [7, 11) is 1.88. The van der Waals surface area contributed by atoms with Gasteiger partial charge in [0.1, 0.15) is 5.82 Å². The van der Waals surface area contributed by atoms with Crippen molar-refractivity contribution in [2.24, 2.45) is 0 Å². The van der Waals surface area contributed by atoms with E-state index in [2.05, 4.69) is 29.2 Å². The zero-order chi connectivity index (χ0) is 20.3. The third kappa shape index (κ3) is 4.15. The van der Waals surface area contributed by atoms with Gasteiger partial charge in [-0.1, -0.05) is 37.1 Å². The lowest BCUT2D eigenvalue weighted by Gasteiger charge is -2.33. The standard InChI is InChI=1S/C24H29FN2O2/c1-26(18-19-4-10-22(11-5-19)27-14-16-29-17-15-27)23(28)24(12-2-3-13-24)20-6-8-21(25)9-7-20/h4-11H,2-3,12-18H2,1H3. The van der Waals surface area contributed by atoms with E-state index in [1.807, 2.05) is 11.9 Å². The second-order valence-electron chi connectivity index (χ2n) is 8.22. The third-order valence-electron chi connectivity index (χ3n) is 6.34. The van der Waals surface area contributed by atoms with Crippen molar-refractivity contribution in [1.29, 1.82) is 0 Å². The van der Waals surface area contributed by atoms with E-state index < -0.39 is 5.41 Å². The molecule has 1 aliphatic heterocycles. The summed E-state index contributed by atoms with van der Waals surface area (Å²) in [6.07, 6.45) is 3.73. The first-order valence-corrected chi connectivity index (χ1v) is 10.5. The third-order valence-corrected chi connectivity index (χ3v) is 6.34. The maximum absolute atomic E-state index is 13.5. The molecule has 2 aromatic carbocycles. The number of hydrogen-bond acceptors (Lipinski definition) is 3. The minimum absolute atomic E-state index is 0.138. The minimum atomic E-state index is -0.518. The van der Waals surface area contributed by atoms with E-state index in [0.29, 0.717) is 6.54 Å². The number of carbonyl (C=O) groups excluding carboxylic acids is 1. The molecular weight excluding hydrogens is 367 g/mol. The lowest BCUT2D eigenvalue weighted by Crippen LogP contribution is -2.43. The Labute approximate surface area is 172 Å². The number of benzene rings is 2. The molecule has 0 radical (unpaired) electrons. The van der Waals surface area contributed by atoms with Crippen molar-refractivity contribution in [3.8, 4) is 0 Å². The molecule has 1 heterocycles. The van der Waals surface area contributed by atoms with Crippen LogP contribution in [0.1, 0.15) is 36.8 Å². The van der Waals surface area contributed by atoms with Crippen molar-refractivity contribution in [2.75, 3.05) is 38.3 Å². The van der Waals surface area contributed by atoms with Crippen LogP contribution in [-0.2, 0) is 21.5 Å². The predicted octanol–water partition coefficient (Wildman–Crippen LogP) is 4.13. The Morgan fingerprint density at radius 1 is 1.03 bits per heavy atom. The van der Waals surface area contributed by atoms with Gasteiger partial charge in [-0.15, -0.1) is 0 Å². The molecule has 0 bridgehead atoms. The van der Waals surface area contributed by atoms with Gasteiger partial charge in [0.2, 0.25) is 5.91 Å². The van der Waals surface area contributed by atoms with E-state index in [-0.39, 0.29) is 11.7 Å². The monoisotopic (exact) mass is 396 g/mol. The largest absolute Gasteiger partial charge is 0.378 e. The molecule has 5 heteroatoms. The summed E-state index contributed by atoms with van der Waals surface area (Å²) in [5.74, 6) is -0.123. The van der Waals surface area contributed by atoms with E-state index >= 15 is 0 Å². The fraction of sp³-hybridized carbons (Fsp3) is 0.458. The van der Waals surface area contributed by atoms with Crippen LogP contribution in [0, 0.1) is 5.82 Å². The topological polar surface area (TPSA) is 32.8 Å². The highest BCUT2D eigenvalue weighted by atomic mass is 19.1. The minimum Gasteiger partial charge on any atom is -0.378 e. The van der Waals surface area contributed by atoms with Crippen LogP contribution in [0.2, 0.25) is 0 Å². The fourth-order valence-electron chi connectivity index (χ4n) is 4.72. The van der Waals surface area contributed by atoms with Crippen molar-refractivity contribution < 1.29 is 13.9 Å². The van der Waals surface area contributed by atoms with Crippen molar-refractivity contribution in [2.45, 2.75) is 37.6 Å². The smallest absolute Gasteiger partial charge is 0.233 e. The van der Waals surface area contributed by atoms with E-state index in [1.165, 1.54) is 17.8 Å². The first-order valence-electron chi connectivity index (χ1n) is 10.5. The van der Waals surface area contributed by atoms with Crippen molar-refractivity contribution in [3.63, 3.8) is 0 Å². The van der Waals surface area contributed by atoms with Crippen LogP contribution in [0.25, 0.3) is 0 Å². The van der Waals surface area contributed by atoms with E-state index in [4.69, 9.17) is 4.74 Å². The number of carbonyl (C=O) groups is 1. The van der Waals surface area contributed by atoms with Crippen LogP contribution < -0.4 is 4.90 Å². The quantitative estimate of drug-likeness (QED) is 0.762. The summed E-state index contributed by atoms with van der Waals surface area (Å²) in [5.41, 5.74) is 2.74. The Balaban J connectivity index is 1.47. The summed E-state index contributed by atoms with van der Waals surface area (Å²) in [5, 5.41) is 0. The summed E-state index contributed by atoms with van der Waals surface area (Å²) in [4.78, 5) is 17.6. The van der Waals surface area contributed by atoms with Gasteiger partial charge in [0.05, 0.1) is 18.6 Å². The summed E-state index contributed by atoms with van der Waals surface area (Å²) in [6.45, 7) is 3.94. The molecular formula is C24H29FN2O2. The normalized spacial score (nSPS) is 18.6. The Morgan fingerprint density at radius 2 is 1.66 bits per heavy atom. The molecule has 154 valence electrons.